The number of ether oxygens (including phenoxy) is 1. The molecule has 2 rings (SSSR count). The van der Waals surface area contributed by atoms with Crippen LogP contribution >= 0.6 is 0 Å². The monoisotopic (exact) mass is 368 g/mol. The number of rotatable bonds is 8. The molecule has 5 nitrogen and oxygen atoms in total. The molecule has 0 bridgehead atoms. The van der Waals surface area contributed by atoms with Crippen LogP contribution in [0.1, 0.15) is 42.3 Å². The van der Waals surface area contributed by atoms with Gasteiger partial charge in [-0.05, 0) is 55.2 Å². The largest absolute Gasteiger partial charge is 0.494 e. The molecule has 144 valence electrons. The van der Waals surface area contributed by atoms with E-state index in [9.17, 15) is 9.59 Å². The lowest BCUT2D eigenvalue weighted by Gasteiger charge is -2.22. The van der Waals surface area contributed by atoms with Crippen molar-refractivity contribution in [1.29, 1.82) is 0 Å². The van der Waals surface area contributed by atoms with E-state index in [-0.39, 0.29) is 17.7 Å². The summed E-state index contributed by atoms with van der Waals surface area (Å²) in [6.45, 7) is 8.75. The van der Waals surface area contributed by atoms with Gasteiger partial charge in [0, 0.05) is 12.1 Å². The van der Waals surface area contributed by atoms with Crippen molar-refractivity contribution in [3.63, 3.8) is 0 Å². The minimum atomic E-state index is -0.604. The van der Waals surface area contributed by atoms with Crippen LogP contribution in [0.4, 0.5) is 0 Å². The molecule has 0 aliphatic carbocycles. The summed E-state index contributed by atoms with van der Waals surface area (Å²) < 4.78 is 5.39. The second kappa shape index (κ2) is 9.76. The first-order chi connectivity index (χ1) is 12.9. The summed E-state index contributed by atoms with van der Waals surface area (Å²) in [6.07, 6.45) is 0. The van der Waals surface area contributed by atoms with Crippen LogP contribution in [0.5, 0.6) is 5.75 Å². The molecule has 2 N–H and O–H groups in total. The van der Waals surface area contributed by atoms with Crippen LogP contribution in [0.2, 0.25) is 0 Å². The molecule has 1 atom stereocenters. The Labute approximate surface area is 161 Å². The molecule has 0 heterocycles. The highest BCUT2D eigenvalue weighted by Gasteiger charge is 2.24. The van der Waals surface area contributed by atoms with Crippen LogP contribution in [0.3, 0.4) is 0 Å². The van der Waals surface area contributed by atoms with E-state index in [1.165, 1.54) is 0 Å². The fraction of sp³-hybridized carbons (Fsp3) is 0.364. The smallest absolute Gasteiger partial charge is 0.251 e. The summed E-state index contributed by atoms with van der Waals surface area (Å²) in [5, 5.41) is 5.77. The van der Waals surface area contributed by atoms with Gasteiger partial charge < -0.3 is 15.4 Å². The zero-order valence-corrected chi connectivity index (χ0v) is 16.4. The molecule has 0 aliphatic heterocycles. The maximum Gasteiger partial charge on any atom is 0.251 e. The number of benzene rings is 2. The van der Waals surface area contributed by atoms with Crippen molar-refractivity contribution in [2.24, 2.45) is 5.92 Å². The standard InChI is InChI=1S/C22H28N2O3/c1-5-27-19-12-10-17(11-13-19)21(25)24-20(15(2)3)22(26)23-14-18-9-7-6-8-16(18)4/h6-13,15,20H,5,14H2,1-4H3,(H,23,26)(H,24,25)/t20-/m0/s1. The predicted molar refractivity (Wildman–Crippen MR) is 107 cm³/mol. The molecular weight excluding hydrogens is 340 g/mol. The summed E-state index contributed by atoms with van der Waals surface area (Å²) in [4.78, 5) is 25.2. The second-order valence-corrected chi connectivity index (χ2v) is 6.80. The Morgan fingerprint density at radius 1 is 1.04 bits per heavy atom. The van der Waals surface area contributed by atoms with Gasteiger partial charge in [-0.15, -0.1) is 0 Å². The number of hydrogen-bond donors (Lipinski definition) is 2. The molecule has 0 saturated carbocycles. The minimum Gasteiger partial charge on any atom is -0.494 e. The lowest BCUT2D eigenvalue weighted by Crippen LogP contribution is -2.49. The second-order valence-electron chi connectivity index (χ2n) is 6.80. The van der Waals surface area contributed by atoms with E-state index in [1.54, 1.807) is 24.3 Å². The molecule has 2 aromatic carbocycles. The van der Waals surface area contributed by atoms with Crippen molar-refractivity contribution in [1.82, 2.24) is 10.6 Å². The molecule has 0 radical (unpaired) electrons. The van der Waals surface area contributed by atoms with Gasteiger partial charge >= 0.3 is 0 Å². The van der Waals surface area contributed by atoms with E-state index in [0.29, 0.717) is 24.5 Å². The lowest BCUT2D eigenvalue weighted by molar-refractivity contribution is -0.124. The SMILES string of the molecule is CCOc1ccc(C(=O)N[C@H](C(=O)NCc2ccccc2C)C(C)C)cc1. The van der Waals surface area contributed by atoms with E-state index in [0.717, 1.165) is 11.1 Å². The molecule has 2 amide bonds. The van der Waals surface area contributed by atoms with Gasteiger partial charge in [0.2, 0.25) is 5.91 Å². The number of aryl methyl sites for hydroxylation is 1. The number of nitrogens with one attached hydrogen (secondary N) is 2. The Hall–Kier alpha value is -2.82. The summed E-state index contributed by atoms with van der Waals surface area (Å²) in [5.74, 6) is 0.217. The van der Waals surface area contributed by atoms with Crippen molar-refractivity contribution in [3.05, 3.63) is 65.2 Å². The molecular formula is C22H28N2O3. The average molecular weight is 368 g/mol. The highest BCUT2D eigenvalue weighted by molar-refractivity contribution is 5.97. The van der Waals surface area contributed by atoms with Crippen LogP contribution in [-0.2, 0) is 11.3 Å². The third-order valence-electron chi connectivity index (χ3n) is 4.38. The third kappa shape index (κ3) is 5.84. The summed E-state index contributed by atoms with van der Waals surface area (Å²) in [6, 6.07) is 14.2. The average Bonchev–Trinajstić information content (AvgIpc) is 2.65. The van der Waals surface area contributed by atoms with Crippen LogP contribution in [0, 0.1) is 12.8 Å². The van der Waals surface area contributed by atoms with Gasteiger partial charge in [-0.25, -0.2) is 0 Å². The van der Waals surface area contributed by atoms with Gasteiger partial charge in [-0.2, -0.15) is 0 Å². The van der Waals surface area contributed by atoms with E-state index < -0.39 is 6.04 Å². The Kier molecular flexibility index (Phi) is 7.41. The molecule has 0 spiro atoms. The summed E-state index contributed by atoms with van der Waals surface area (Å²) >= 11 is 0. The topological polar surface area (TPSA) is 67.4 Å². The fourth-order valence-electron chi connectivity index (χ4n) is 2.73. The van der Waals surface area contributed by atoms with Crippen molar-refractivity contribution in [3.8, 4) is 5.75 Å². The lowest BCUT2D eigenvalue weighted by atomic mass is 10.0. The molecule has 0 saturated heterocycles. The minimum absolute atomic E-state index is 0.0338. The van der Waals surface area contributed by atoms with E-state index in [2.05, 4.69) is 10.6 Å². The van der Waals surface area contributed by atoms with Gasteiger partial charge in [-0.1, -0.05) is 38.1 Å². The highest BCUT2D eigenvalue weighted by atomic mass is 16.5. The Morgan fingerprint density at radius 2 is 1.70 bits per heavy atom. The summed E-state index contributed by atoms with van der Waals surface area (Å²) in [7, 11) is 0. The van der Waals surface area contributed by atoms with Crippen LogP contribution in [0.25, 0.3) is 0 Å². The molecule has 5 heteroatoms. The molecule has 0 aliphatic rings. The number of hydrogen-bond acceptors (Lipinski definition) is 3. The highest BCUT2D eigenvalue weighted by Crippen LogP contribution is 2.13. The zero-order chi connectivity index (χ0) is 19.8. The third-order valence-corrected chi connectivity index (χ3v) is 4.38. The first-order valence-corrected chi connectivity index (χ1v) is 9.28. The van der Waals surface area contributed by atoms with Crippen molar-refractivity contribution in [2.45, 2.75) is 40.3 Å². The maximum absolute atomic E-state index is 12.6. The van der Waals surface area contributed by atoms with E-state index in [1.807, 2.05) is 52.0 Å². The molecule has 0 unspecified atom stereocenters. The molecule has 2 aromatic rings. The molecule has 0 aromatic heterocycles. The molecule has 0 fully saturated rings. The van der Waals surface area contributed by atoms with Gasteiger partial charge in [0.25, 0.3) is 5.91 Å². The fourth-order valence-corrected chi connectivity index (χ4v) is 2.73. The number of carbonyl (C=O) groups excluding carboxylic acids is 2. The quantitative estimate of drug-likeness (QED) is 0.750. The zero-order valence-electron chi connectivity index (χ0n) is 16.4. The van der Waals surface area contributed by atoms with Crippen molar-refractivity contribution in [2.75, 3.05) is 6.61 Å². The van der Waals surface area contributed by atoms with Gasteiger partial charge in [0.05, 0.1) is 6.61 Å². The van der Waals surface area contributed by atoms with Gasteiger partial charge in [0.1, 0.15) is 11.8 Å². The first kappa shape index (κ1) is 20.5. The predicted octanol–water partition coefficient (Wildman–Crippen LogP) is 3.46. The van der Waals surface area contributed by atoms with Crippen LogP contribution in [0.15, 0.2) is 48.5 Å². The Morgan fingerprint density at radius 3 is 2.30 bits per heavy atom. The Balaban J connectivity index is 2.00. The summed E-state index contributed by atoms with van der Waals surface area (Å²) in [5.41, 5.74) is 2.68. The maximum atomic E-state index is 12.6. The van der Waals surface area contributed by atoms with E-state index in [4.69, 9.17) is 4.74 Å². The number of carbonyl (C=O) groups is 2. The van der Waals surface area contributed by atoms with Gasteiger partial charge in [-0.3, -0.25) is 9.59 Å². The normalized spacial score (nSPS) is 11.7. The van der Waals surface area contributed by atoms with Crippen LogP contribution in [-0.4, -0.2) is 24.5 Å². The van der Waals surface area contributed by atoms with Crippen LogP contribution < -0.4 is 15.4 Å². The number of amides is 2. The van der Waals surface area contributed by atoms with E-state index >= 15 is 0 Å². The molecule has 27 heavy (non-hydrogen) atoms. The van der Waals surface area contributed by atoms with Gasteiger partial charge in [0.15, 0.2) is 0 Å². The van der Waals surface area contributed by atoms with Crippen molar-refractivity contribution < 1.29 is 14.3 Å². The first-order valence-electron chi connectivity index (χ1n) is 9.28. The Bertz CT molecular complexity index is 769. The van der Waals surface area contributed by atoms with Crippen molar-refractivity contribution >= 4 is 11.8 Å².